The van der Waals surface area contributed by atoms with Crippen molar-refractivity contribution in [2.45, 2.75) is 154 Å². The molecule has 8 nitrogen and oxygen atoms in total. The lowest BCUT2D eigenvalue weighted by Gasteiger charge is -2.17. The second-order valence-corrected chi connectivity index (χ2v) is 10.5. The van der Waals surface area contributed by atoms with Gasteiger partial charge in [0.15, 0.2) is 6.10 Å². The second-order valence-electron chi connectivity index (χ2n) is 10.5. The van der Waals surface area contributed by atoms with Crippen LogP contribution in [0.15, 0.2) is 0 Å². The van der Waals surface area contributed by atoms with Crippen LogP contribution < -0.4 is 5.73 Å². The number of unbranched alkanes of at least 4 members (excludes halogenated alkanes) is 18. The molecule has 1 unspecified atom stereocenters. The molecule has 0 saturated heterocycles. The van der Waals surface area contributed by atoms with Crippen LogP contribution in [0.2, 0.25) is 0 Å². The van der Waals surface area contributed by atoms with Gasteiger partial charge in [-0.25, -0.2) is 9.78 Å². The summed E-state index contributed by atoms with van der Waals surface area (Å²) in [5, 5.41) is 0. The fraction of sp³-hybridized carbons (Fsp3) is 0.903. The molecule has 0 saturated carbocycles. The SMILES string of the molecule is CCCCCCCCCCCCCCCCC(=O)OCC(COOCCN)OC(=O)CCCCCCCC=O. The molecule has 0 aromatic rings. The molecule has 8 heteroatoms. The summed E-state index contributed by atoms with van der Waals surface area (Å²) < 4.78 is 10.8. The van der Waals surface area contributed by atoms with Crippen LogP contribution in [0.3, 0.4) is 0 Å². The lowest BCUT2D eigenvalue weighted by molar-refractivity contribution is -0.305. The van der Waals surface area contributed by atoms with E-state index in [2.05, 4.69) is 6.92 Å². The Balaban J connectivity index is 3.89. The van der Waals surface area contributed by atoms with E-state index in [9.17, 15) is 14.4 Å². The standard InChI is InChI=1S/C31H59NO7/c1-2-3-4-5-6-7-8-9-10-11-12-13-16-19-22-30(34)36-27-29(28-38-37-26-24-32)39-31(35)23-20-17-14-15-18-21-25-33/h25,29H,2-24,26-28,32H2,1H3. The van der Waals surface area contributed by atoms with Gasteiger partial charge in [0.05, 0.1) is 6.61 Å². The van der Waals surface area contributed by atoms with Crippen molar-refractivity contribution in [1.82, 2.24) is 0 Å². The first-order valence-electron chi connectivity index (χ1n) is 15.9. The zero-order valence-electron chi connectivity index (χ0n) is 25.0. The average Bonchev–Trinajstić information content (AvgIpc) is 2.93. The summed E-state index contributed by atoms with van der Waals surface area (Å²) in [7, 11) is 0. The summed E-state index contributed by atoms with van der Waals surface area (Å²) in [6.45, 7) is 2.72. The topological polar surface area (TPSA) is 114 Å². The van der Waals surface area contributed by atoms with Gasteiger partial charge in [0.1, 0.15) is 19.5 Å². The van der Waals surface area contributed by atoms with E-state index in [-0.39, 0.29) is 31.8 Å². The molecule has 230 valence electrons. The van der Waals surface area contributed by atoms with Crippen LogP contribution >= 0.6 is 0 Å². The molecule has 0 aliphatic heterocycles. The molecule has 0 aromatic carbocycles. The normalized spacial score (nSPS) is 11.8. The van der Waals surface area contributed by atoms with Crippen LogP contribution in [0.25, 0.3) is 0 Å². The van der Waals surface area contributed by atoms with Crippen molar-refractivity contribution < 1.29 is 33.6 Å². The minimum atomic E-state index is -0.719. The third-order valence-corrected chi connectivity index (χ3v) is 6.70. The smallest absolute Gasteiger partial charge is 0.306 e. The van der Waals surface area contributed by atoms with Crippen LogP contribution in [0.4, 0.5) is 0 Å². The van der Waals surface area contributed by atoms with Crippen LogP contribution in [-0.2, 0) is 33.6 Å². The highest BCUT2D eigenvalue weighted by atomic mass is 17.2. The highest BCUT2D eigenvalue weighted by Crippen LogP contribution is 2.14. The van der Waals surface area contributed by atoms with Gasteiger partial charge in [-0.15, -0.1) is 0 Å². The van der Waals surface area contributed by atoms with Crippen molar-refractivity contribution in [2.24, 2.45) is 5.73 Å². The van der Waals surface area contributed by atoms with Gasteiger partial charge in [-0.1, -0.05) is 110 Å². The van der Waals surface area contributed by atoms with E-state index in [1.165, 1.54) is 70.6 Å². The van der Waals surface area contributed by atoms with Crippen molar-refractivity contribution in [3.63, 3.8) is 0 Å². The number of carbonyl (C=O) groups is 3. The number of nitrogens with two attached hydrogens (primary N) is 1. The molecule has 1 atom stereocenters. The summed E-state index contributed by atoms with van der Waals surface area (Å²) in [5.74, 6) is -0.633. The zero-order valence-corrected chi connectivity index (χ0v) is 25.0. The highest BCUT2D eigenvalue weighted by molar-refractivity contribution is 5.70. The van der Waals surface area contributed by atoms with Gasteiger partial charge in [0, 0.05) is 25.8 Å². The molecule has 0 aliphatic carbocycles. The summed E-state index contributed by atoms with van der Waals surface area (Å²) in [5.41, 5.74) is 5.38. The summed E-state index contributed by atoms with van der Waals surface area (Å²) in [6.07, 6.45) is 23.7. The monoisotopic (exact) mass is 557 g/mol. The molecular formula is C31H59NO7. The number of esters is 2. The molecule has 0 aliphatic rings. The number of rotatable bonds is 31. The summed E-state index contributed by atoms with van der Waals surface area (Å²) >= 11 is 0. The molecule has 0 fully saturated rings. The molecule has 0 spiro atoms. The van der Waals surface area contributed by atoms with Gasteiger partial charge < -0.3 is 20.0 Å². The number of ether oxygens (including phenoxy) is 2. The Morgan fingerprint density at radius 1 is 0.641 bits per heavy atom. The fourth-order valence-electron chi connectivity index (χ4n) is 4.34. The first-order valence-corrected chi connectivity index (χ1v) is 15.9. The van der Waals surface area contributed by atoms with E-state index in [1.807, 2.05) is 0 Å². The van der Waals surface area contributed by atoms with E-state index in [4.69, 9.17) is 25.0 Å². The molecular weight excluding hydrogens is 498 g/mol. The van der Waals surface area contributed by atoms with Gasteiger partial charge in [-0.2, -0.15) is 0 Å². The molecule has 2 N–H and O–H groups in total. The minimum Gasteiger partial charge on any atom is -0.462 e. The van der Waals surface area contributed by atoms with E-state index in [0.29, 0.717) is 25.8 Å². The first-order chi connectivity index (χ1) is 19.1. The van der Waals surface area contributed by atoms with Crippen LogP contribution in [0.1, 0.15) is 148 Å². The predicted molar refractivity (Wildman–Crippen MR) is 155 cm³/mol. The molecule has 0 amide bonds. The fourth-order valence-corrected chi connectivity index (χ4v) is 4.34. The molecule has 0 heterocycles. The number of hydrogen-bond acceptors (Lipinski definition) is 8. The molecule has 0 bridgehead atoms. The quantitative estimate of drug-likeness (QED) is 0.0314. The van der Waals surface area contributed by atoms with Crippen LogP contribution in [0, 0.1) is 0 Å². The Bertz CT molecular complexity index is 559. The lowest BCUT2D eigenvalue weighted by Crippen LogP contribution is -2.30. The zero-order chi connectivity index (χ0) is 28.7. The molecule has 0 rings (SSSR count). The van der Waals surface area contributed by atoms with Crippen LogP contribution in [0.5, 0.6) is 0 Å². The van der Waals surface area contributed by atoms with Crippen molar-refractivity contribution in [3.8, 4) is 0 Å². The third-order valence-electron chi connectivity index (χ3n) is 6.70. The lowest BCUT2D eigenvalue weighted by atomic mass is 10.0. The first kappa shape index (κ1) is 37.5. The minimum absolute atomic E-state index is 0.0242. The van der Waals surface area contributed by atoms with E-state index < -0.39 is 6.10 Å². The molecule has 0 aromatic heterocycles. The van der Waals surface area contributed by atoms with E-state index in [0.717, 1.165) is 57.7 Å². The Kier molecular flexibility index (Phi) is 29.8. The second kappa shape index (κ2) is 31.0. The highest BCUT2D eigenvalue weighted by Gasteiger charge is 2.18. The average molecular weight is 558 g/mol. The van der Waals surface area contributed by atoms with Crippen molar-refractivity contribution in [2.75, 3.05) is 26.4 Å². The third kappa shape index (κ3) is 29.3. The number of carbonyl (C=O) groups excluding carboxylic acids is 3. The maximum absolute atomic E-state index is 12.2. The predicted octanol–water partition coefficient (Wildman–Crippen LogP) is 7.15. The molecule has 0 radical (unpaired) electrons. The molecule has 39 heavy (non-hydrogen) atoms. The summed E-state index contributed by atoms with van der Waals surface area (Å²) in [4.78, 5) is 44.7. The summed E-state index contributed by atoms with van der Waals surface area (Å²) in [6, 6.07) is 0. The van der Waals surface area contributed by atoms with Crippen molar-refractivity contribution >= 4 is 18.2 Å². The van der Waals surface area contributed by atoms with Gasteiger partial charge in [-0.05, 0) is 19.3 Å². The van der Waals surface area contributed by atoms with Gasteiger partial charge >= 0.3 is 11.9 Å². The number of aldehydes is 1. The van der Waals surface area contributed by atoms with Crippen molar-refractivity contribution in [1.29, 1.82) is 0 Å². The Hall–Kier alpha value is -1.51. The Labute approximate surface area is 238 Å². The van der Waals surface area contributed by atoms with Crippen molar-refractivity contribution in [3.05, 3.63) is 0 Å². The van der Waals surface area contributed by atoms with E-state index in [1.54, 1.807) is 0 Å². The number of hydrogen-bond donors (Lipinski definition) is 1. The maximum atomic E-state index is 12.2. The van der Waals surface area contributed by atoms with Gasteiger partial charge in [0.25, 0.3) is 0 Å². The Morgan fingerprint density at radius 2 is 1.13 bits per heavy atom. The maximum Gasteiger partial charge on any atom is 0.306 e. The Morgan fingerprint density at radius 3 is 1.64 bits per heavy atom. The van der Waals surface area contributed by atoms with E-state index >= 15 is 0 Å². The largest absolute Gasteiger partial charge is 0.462 e. The van der Waals surface area contributed by atoms with Gasteiger partial charge in [-0.3, -0.25) is 9.59 Å². The van der Waals surface area contributed by atoms with Gasteiger partial charge in [0.2, 0.25) is 0 Å². The van der Waals surface area contributed by atoms with Crippen LogP contribution in [-0.4, -0.2) is 50.7 Å².